The number of nitriles is 1. The Morgan fingerprint density at radius 1 is 1.05 bits per heavy atom. The first-order chi connectivity index (χ1) is 17.9. The Labute approximate surface area is 219 Å². The van der Waals surface area contributed by atoms with Crippen molar-refractivity contribution in [1.82, 2.24) is 4.72 Å². The van der Waals surface area contributed by atoms with Crippen molar-refractivity contribution in [2.75, 3.05) is 18.5 Å². The molecule has 1 aliphatic heterocycles. The van der Waals surface area contributed by atoms with Crippen LogP contribution in [-0.4, -0.2) is 27.9 Å². The average Bonchev–Trinajstić information content (AvgIpc) is 3.53. The number of sulfonamides is 1. The molecule has 0 unspecified atom stereocenters. The molecule has 190 valence electrons. The molecular formula is C30H31N3O3S. The van der Waals surface area contributed by atoms with E-state index in [4.69, 9.17) is 0 Å². The Balaban J connectivity index is 1.39. The summed E-state index contributed by atoms with van der Waals surface area (Å²) in [5.74, 6) is 0.0922. The molecule has 1 aliphatic carbocycles. The lowest BCUT2D eigenvalue weighted by Gasteiger charge is -2.25. The van der Waals surface area contributed by atoms with Crippen LogP contribution in [0.2, 0.25) is 0 Å². The zero-order chi connectivity index (χ0) is 26.0. The van der Waals surface area contributed by atoms with Crippen molar-refractivity contribution >= 4 is 21.6 Å². The van der Waals surface area contributed by atoms with Crippen LogP contribution < -0.4 is 9.62 Å². The lowest BCUT2D eigenvalue weighted by molar-refractivity contribution is -0.118. The van der Waals surface area contributed by atoms with Gasteiger partial charge in [-0.15, -0.1) is 0 Å². The maximum Gasteiger partial charge on any atom is 0.240 e. The maximum atomic E-state index is 13.5. The molecule has 0 aromatic heterocycles. The predicted octanol–water partition coefficient (Wildman–Crippen LogP) is 5.12. The number of benzene rings is 3. The molecule has 7 heteroatoms. The third-order valence-electron chi connectivity index (χ3n) is 7.91. The van der Waals surface area contributed by atoms with E-state index in [2.05, 4.69) is 35.1 Å². The number of hydrogen-bond acceptors (Lipinski definition) is 4. The number of aryl methyl sites for hydroxylation is 1. The second kappa shape index (κ2) is 10.1. The number of amides is 1. The van der Waals surface area contributed by atoms with Gasteiger partial charge in [0.15, 0.2) is 0 Å². The largest absolute Gasteiger partial charge is 0.311 e. The van der Waals surface area contributed by atoms with E-state index in [0.29, 0.717) is 25.8 Å². The van der Waals surface area contributed by atoms with Gasteiger partial charge in [-0.2, -0.15) is 5.26 Å². The van der Waals surface area contributed by atoms with E-state index in [9.17, 15) is 18.5 Å². The molecule has 0 radical (unpaired) electrons. The molecule has 6 nitrogen and oxygen atoms in total. The predicted molar refractivity (Wildman–Crippen MR) is 145 cm³/mol. The van der Waals surface area contributed by atoms with E-state index < -0.39 is 10.0 Å². The number of carbonyl (C=O) groups excluding carboxylic acids is 1. The molecule has 1 N–H and O–H groups in total. The summed E-state index contributed by atoms with van der Waals surface area (Å²) >= 11 is 0. The third kappa shape index (κ3) is 4.79. The van der Waals surface area contributed by atoms with Crippen molar-refractivity contribution in [3.8, 4) is 17.2 Å². The van der Waals surface area contributed by atoms with Gasteiger partial charge in [-0.3, -0.25) is 4.79 Å². The summed E-state index contributed by atoms with van der Waals surface area (Å²) in [5.41, 5.74) is 6.38. The van der Waals surface area contributed by atoms with Crippen LogP contribution in [0.3, 0.4) is 0 Å². The van der Waals surface area contributed by atoms with Gasteiger partial charge in [-0.1, -0.05) is 55.3 Å². The van der Waals surface area contributed by atoms with E-state index >= 15 is 0 Å². The molecule has 3 aromatic rings. The van der Waals surface area contributed by atoms with Crippen LogP contribution in [0.5, 0.6) is 0 Å². The molecule has 0 bridgehead atoms. The highest BCUT2D eigenvalue weighted by molar-refractivity contribution is 7.89. The molecule has 5 rings (SSSR count). The summed E-state index contributed by atoms with van der Waals surface area (Å²) in [7, 11) is -2.09. The smallest absolute Gasteiger partial charge is 0.240 e. The summed E-state index contributed by atoms with van der Waals surface area (Å²) in [6, 6.07) is 23.4. The number of anilines is 1. The third-order valence-corrected chi connectivity index (χ3v) is 9.34. The molecule has 1 amide bonds. The normalized spacial score (nSPS) is 16.1. The lowest BCUT2D eigenvalue weighted by Crippen LogP contribution is -2.35. The van der Waals surface area contributed by atoms with Crippen molar-refractivity contribution in [2.24, 2.45) is 0 Å². The minimum absolute atomic E-state index is 0.00562. The van der Waals surface area contributed by atoms with Gasteiger partial charge in [0.25, 0.3) is 0 Å². The van der Waals surface area contributed by atoms with Crippen LogP contribution in [0, 0.1) is 11.3 Å². The summed E-state index contributed by atoms with van der Waals surface area (Å²) < 4.78 is 26.3. The minimum atomic E-state index is -3.48. The summed E-state index contributed by atoms with van der Waals surface area (Å²) in [5, 5.41) is 9.28. The van der Waals surface area contributed by atoms with Crippen LogP contribution in [0.25, 0.3) is 11.1 Å². The fraction of sp³-hybridized carbons (Fsp3) is 0.333. The van der Waals surface area contributed by atoms with Crippen molar-refractivity contribution < 1.29 is 13.2 Å². The monoisotopic (exact) mass is 513 g/mol. The zero-order valence-electron chi connectivity index (χ0n) is 21.0. The summed E-state index contributed by atoms with van der Waals surface area (Å²) in [4.78, 5) is 15.7. The van der Waals surface area contributed by atoms with E-state index in [0.717, 1.165) is 40.8 Å². The number of nitrogens with one attached hydrogen (secondary N) is 1. The summed E-state index contributed by atoms with van der Waals surface area (Å²) in [6.45, 7) is 0.712. The SMILES string of the molecule is CNS(=O)(=O)c1ccc(CCC(=O)N2CC3(CCCC3)c3cc(-c4ccccc4CC#N)ccc32)cc1. The quantitative estimate of drug-likeness (QED) is 0.475. The first kappa shape index (κ1) is 25.2. The number of rotatable bonds is 7. The van der Waals surface area contributed by atoms with Crippen LogP contribution in [0.1, 0.15) is 48.8 Å². The van der Waals surface area contributed by atoms with E-state index in [-0.39, 0.29) is 16.2 Å². The molecular weight excluding hydrogens is 482 g/mol. The molecule has 1 heterocycles. The lowest BCUT2D eigenvalue weighted by atomic mass is 9.79. The molecule has 0 atom stereocenters. The number of hydrogen-bond donors (Lipinski definition) is 1. The van der Waals surface area contributed by atoms with Gasteiger partial charge in [0.1, 0.15) is 0 Å². The standard InChI is InChI=1S/C30H31N3O3S/c1-32-37(35,36)25-12-8-22(9-13-25)10-15-29(34)33-21-30(17-4-5-18-30)27-20-24(11-14-28(27)33)26-7-3-2-6-23(26)16-19-31/h2-3,6-9,11-14,20,32H,4-5,10,15-18,21H2,1H3. The Morgan fingerprint density at radius 2 is 1.78 bits per heavy atom. The average molecular weight is 514 g/mol. The number of carbonyl (C=O) groups is 1. The van der Waals surface area contributed by atoms with E-state index in [1.807, 2.05) is 23.1 Å². The van der Waals surface area contributed by atoms with Crippen LogP contribution >= 0.6 is 0 Å². The van der Waals surface area contributed by atoms with Crippen molar-refractivity contribution in [3.63, 3.8) is 0 Å². The first-order valence-corrected chi connectivity index (χ1v) is 14.3. The number of nitrogens with zero attached hydrogens (tertiary/aromatic N) is 2. The second-order valence-electron chi connectivity index (χ2n) is 10.0. The second-order valence-corrected chi connectivity index (χ2v) is 11.9. The van der Waals surface area contributed by atoms with Gasteiger partial charge in [-0.05, 0) is 78.4 Å². The van der Waals surface area contributed by atoms with Crippen LogP contribution in [0.4, 0.5) is 5.69 Å². The van der Waals surface area contributed by atoms with Crippen LogP contribution in [0.15, 0.2) is 71.6 Å². The molecule has 1 saturated carbocycles. The Hall–Kier alpha value is -3.47. The van der Waals surface area contributed by atoms with Crippen molar-refractivity contribution in [1.29, 1.82) is 5.26 Å². The first-order valence-electron chi connectivity index (χ1n) is 12.8. The molecule has 2 aliphatic rings. The fourth-order valence-corrected chi connectivity index (χ4v) is 6.65. The van der Waals surface area contributed by atoms with Gasteiger partial charge in [0.05, 0.1) is 17.4 Å². The van der Waals surface area contributed by atoms with Crippen molar-refractivity contribution in [3.05, 3.63) is 83.4 Å². The highest BCUT2D eigenvalue weighted by Gasteiger charge is 2.46. The molecule has 37 heavy (non-hydrogen) atoms. The Morgan fingerprint density at radius 3 is 2.49 bits per heavy atom. The van der Waals surface area contributed by atoms with Crippen LogP contribution in [-0.2, 0) is 33.1 Å². The van der Waals surface area contributed by atoms with E-state index in [1.165, 1.54) is 25.5 Å². The van der Waals surface area contributed by atoms with Gasteiger partial charge in [0, 0.05) is 24.1 Å². The number of fused-ring (bicyclic) bond motifs is 2. The van der Waals surface area contributed by atoms with Gasteiger partial charge < -0.3 is 4.90 Å². The van der Waals surface area contributed by atoms with E-state index in [1.54, 1.807) is 24.3 Å². The van der Waals surface area contributed by atoms with Crippen molar-refractivity contribution in [2.45, 2.75) is 55.3 Å². The fourth-order valence-electron chi connectivity index (χ4n) is 5.92. The van der Waals surface area contributed by atoms with Gasteiger partial charge in [-0.25, -0.2) is 13.1 Å². The molecule has 0 saturated heterocycles. The highest BCUT2D eigenvalue weighted by atomic mass is 32.2. The Bertz CT molecular complexity index is 1470. The van der Waals surface area contributed by atoms with Gasteiger partial charge in [0.2, 0.25) is 15.9 Å². The topological polar surface area (TPSA) is 90.3 Å². The van der Waals surface area contributed by atoms with Gasteiger partial charge >= 0.3 is 0 Å². The molecule has 1 spiro atoms. The molecule has 3 aromatic carbocycles. The zero-order valence-corrected chi connectivity index (χ0v) is 21.9. The maximum absolute atomic E-state index is 13.5. The Kier molecular flexibility index (Phi) is 6.89. The summed E-state index contributed by atoms with van der Waals surface area (Å²) in [6.07, 6.45) is 5.77. The molecule has 1 fully saturated rings. The highest BCUT2D eigenvalue weighted by Crippen LogP contribution is 2.51. The minimum Gasteiger partial charge on any atom is -0.311 e.